The number of carbonyl (C=O) groups excluding carboxylic acids is 1. The Morgan fingerprint density at radius 2 is 2.00 bits per heavy atom. The molecule has 0 radical (unpaired) electrons. The quantitative estimate of drug-likeness (QED) is 0.793. The van der Waals surface area contributed by atoms with Gasteiger partial charge in [-0.3, -0.25) is 9.69 Å². The lowest BCUT2D eigenvalue weighted by Crippen LogP contribution is -2.54. The van der Waals surface area contributed by atoms with Crippen molar-refractivity contribution in [1.29, 1.82) is 0 Å². The number of ketones is 1. The van der Waals surface area contributed by atoms with Crippen LogP contribution in [0.25, 0.3) is 0 Å². The molecule has 0 saturated carbocycles. The number of morpholine rings is 1. The van der Waals surface area contributed by atoms with Crippen LogP contribution in [0.1, 0.15) is 24.2 Å². The molecule has 1 fully saturated rings. The Bertz CT molecular complexity index is 496. The maximum absolute atomic E-state index is 13.4. The summed E-state index contributed by atoms with van der Waals surface area (Å²) in [5, 5.41) is 0. The Hall–Kier alpha value is -1.46. The first-order chi connectivity index (χ1) is 9.46. The fourth-order valence-electron chi connectivity index (χ4n) is 2.45. The lowest BCUT2D eigenvalue weighted by Gasteiger charge is -2.39. The van der Waals surface area contributed by atoms with E-state index in [9.17, 15) is 9.18 Å². The molecular formula is C15H20FNO3. The van der Waals surface area contributed by atoms with E-state index in [2.05, 4.69) is 4.90 Å². The zero-order valence-electron chi connectivity index (χ0n) is 12.1. The molecule has 2 rings (SSSR count). The van der Waals surface area contributed by atoms with Gasteiger partial charge in [0.2, 0.25) is 0 Å². The van der Waals surface area contributed by atoms with Crippen LogP contribution in [0, 0.1) is 5.82 Å². The van der Waals surface area contributed by atoms with E-state index in [1.807, 2.05) is 13.8 Å². The van der Waals surface area contributed by atoms with E-state index in [0.717, 1.165) is 0 Å². The maximum Gasteiger partial charge on any atom is 0.186 e. The van der Waals surface area contributed by atoms with Gasteiger partial charge in [-0.05, 0) is 32.0 Å². The molecule has 0 spiro atoms. The maximum atomic E-state index is 13.4. The molecule has 0 amide bonds. The zero-order chi connectivity index (χ0) is 14.8. The van der Waals surface area contributed by atoms with Crippen LogP contribution in [0.4, 0.5) is 4.39 Å². The van der Waals surface area contributed by atoms with Gasteiger partial charge in [0.1, 0.15) is 11.6 Å². The minimum Gasteiger partial charge on any atom is -0.496 e. The van der Waals surface area contributed by atoms with Crippen LogP contribution < -0.4 is 4.74 Å². The van der Waals surface area contributed by atoms with Gasteiger partial charge >= 0.3 is 0 Å². The van der Waals surface area contributed by atoms with Crippen LogP contribution in [-0.2, 0) is 4.74 Å². The number of hydrogen-bond acceptors (Lipinski definition) is 4. The van der Waals surface area contributed by atoms with E-state index < -0.39 is 11.4 Å². The van der Waals surface area contributed by atoms with E-state index in [4.69, 9.17) is 9.47 Å². The predicted octanol–water partition coefficient (Wildman–Crippen LogP) is 2.13. The normalized spacial score (nSPS) is 17.0. The van der Waals surface area contributed by atoms with Crippen LogP contribution in [0.3, 0.4) is 0 Å². The summed E-state index contributed by atoms with van der Waals surface area (Å²) in [7, 11) is 1.48. The summed E-state index contributed by atoms with van der Waals surface area (Å²) in [6, 6.07) is 4.01. The van der Waals surface area contributed by atoms with Crippen molar-refractivity contribution in [2.45, 2.75) is 19.4 Å². The van der Waals surface area contributed by atoms with Crippen molar-refractivity contribution >= 4 is 5.78 Å². The predicted molar refractivity (Wildman–Crippen MR) is 73.8 cm³/mol. The minimum atomic E-state index is -0.717. The molecule has 0 aliphatic carbocycles. The third kappa shape index (κ3) is 2.83. The molecule has 0 N–H and O–H groups in total. The van der Waals surface area contributed by atoms with Crippen LogP contribution in [-0.4, -0.2) is 49.6 Å². The minimum absolute atomic E-state index is 0.143. The topological polar surface area (TPSA) is 38.8 Å². The third-order valence-corrected chi connectivity index (χ3v) is 3.76. The van der Waals surface area contributed by atoms with Crippen LogP contribution in [0.5, 0.6) is 5.75 Å². The average Bonchev–Trinajstić information content (AvgIpc) is 2.47. The molecule has 0 bridgehead atoms. The van der Waals surface area contributed by atoms with E-state index in [1.54, 1.807) is 0 Å². The Kier molecular flexibility index (Phi) is 4.40. The van der Waals surface area contributed by atoms with Crippen molar-refractivity contribution in [2.24, 2.45) is 0 Å². The fraction of sp³-hybridized carbons (Fsp3) is 0.533. The number of nitrogens with zero attached hydrogens (tertiary/aromatic N) is 1. The summed E-state index contributed by atoms with van der Waals surface area (Å²) >= 11 is 0. The second-order valence-corrected chi connectivity index (χ2v) is 5.33. The van der Waals surface area contributed by atoms with Crippen molar-refractivity contribution in [1.82, 2.24) is 4.90 Å². The molecule has 110 valence electrons. The summed E-state index contributed by atoms with van der Waals surface area (Å²) in [4.78, 5) is 14.8. The highest BCUT2D eigenvalue weighted by atomic mass is 19.1. The summed E-state index contributed by atoms with van der Waals surface area (Å²) in [5.74, 6) is -0.180. The summed E-state index contributed by atoms with van der Waals surface area (Å²) in [6.45, 7) is 6.30. The smallest absolute Gasteiger partial charge is 0.186 e. The number of halogens is 1. The van der Waals surface area contributed by atoms with Crippen molar-refractivity contribution in [3.05, 3.63) is 29.6 Å². The molecule has 1 saturated heterocycles. The fourth-order valence-corrected chi connectivity index (χ4v) is 2.45. The molecule has 1 aliphatic heterocycles. The van der Waals surface area contributed by atoms with E-state index >= 15 is 0 Å². The van der Waals surface area contributed by atoms with Gasteiger partial charge in [-0.15, -0.1) is 0 Å². The van der Waals surface area contributed by atoms with Gasteiger partial charge < -0.3 is 9.47 Å². The number of hydrogen-bond donors (Lipinski definition) is 0. The Labute approximate surface area is 118 Å². The molecule has 4 nitrogen and oxygen atoms in total. The molecule has 20 heavy (non-hydrogen) atoms. The van der Waals surface area contributed by atoms with Gasteiger partial charge in [0.25, 0.3) is 0 Å². The second-order valence-electron chi connectivity index (χ2n) is 5.33. The second kappa shape index (κ2) is 5.89. The standard InChI is InChI=1S/C15H20FNO3/c1-15(2,17-6-8-20-9-7-17)14(18)12-10-11(16)4-5-13(12)19-3/h4-5,10H,6-9H2,1-3H3. The number of benzene rings is 1. The molecule has 1 aromatic carbocycles. The van der Waals surface area contributed by atoms with Gasteiger partial charge in [0, 0.05) is 13.1 Å². The van der Waals surface area contributed by atoms with Crippen LogP contribution in [0.2, 0.25) is 0 Å². The number of rotatable bonds is 4. The molecule has 0 unspecified atom stereocenters. The molecule has 1 heterocycles. The summed E-state index contributed by atoms with van der Waals surface area (Å²) in [6.07, 6.45) is 0. The lowest BCUT2D eigenvalue weighted by atomic mass is 9.90. The number of Topliss-reactive ketones (excluding diaryl/α,β-unsaturated/α-hetero) is 1. The molecule has 0 aromatic heterocycles. The van der Waals surface area contributed by atoms with Gasteiger partial charge in [-0.2, -0.15) is 0 Å². The molecular weight excluding hydrogens is 261 g/mol. The SMILES string of the molecule is COc1ccc(F)cc1C(=O)C(C)(C)N1CCOCC1. The molecule has 1 aromatic rings. The number of methoxy groups -OCH3 is 1. The highest BCUT2D eigenvalue weighted by Crippen LogP contribution is 2.27. The average molecular weight is 281 g/mol. The van der Waals surface area contributed by atoms with Gasteiger partial charge in [0.05, 0.1) is 31.4 Å². The van der Waals surface area contributed by atoms with Crippen LogP contribution >= 0.6 is 0 Å². The lowest BCUT2D eigenvalue weighted by molar-refractivity contribution is -0.00439. The van der Waals surface area contributed by atoms with Crippen LogP contribution in [0.15, 0.2) is 18.2 Å². The highest BCUT2D eigenvalue weighted by molar-refractivity contribution is 6.04. The molecule has 0 atom stereocenters. The number of ether oxygens (including phenoxy) is 2. The Morgan fingerprint density at radius 1 is 1.35 bits per heavy atom. The largest absolute Gasteiger partial charge is 0.496 e. The van der Waals surface area contributed by atoms with E-state index in [-0.39, 0.29) is 11.3 Å². The first kappa shape index (κ1) is 14.9. The monoisotopic (exact) mass is 281 g/mol. The Balaban J connectivity index is 2.31. The zero-order valence-corrected chi connectivity index (χ0v) is 12.1. The number of carbonyl (C=O) groups is 1. The summed E-state index contributed by atoms with van der Waals surface area (Å²) in [5.41, 5.74) is -0.436. The van der Waals surface area contributed by atoms with Crippen molar-refractivity contribution in [3.63, 3.8) is 0 Å². The first-order valence-electron chi connectivity index (χ1n) is 6.68. The third-order valence-electron chi connectivity index (χ3n) is 3.76. The van der Waals surface area contributed by atoms with E-state index in [1.165, 1.54) is 25.3 Å². The van der Waals surface area contributed by atoms with Crippen molar-refractivity contribution in [2.75, 3.05) is 33.4 Å². The molecule has 5 heteroatoms. The van der Waals surface area contributed by atoms with Gasteiger partial charge in [0.15, 0.2) is 5.78 Å². The Morgan fingerprint density at radius 3 is 2.60 bits per heavy atom. The van der Waals surface area contributed by atoms with Gasteiger partial charge in [-0.1, -0.05) is 0 Å². The molecule has 1 aliphatic rings. The van der Waals surface area contributed by atoms with Crippen molar-refractivity contribution < 1.29 is 18.7 Å². The first-order valence-corrected chi connectivity index (χ1v) is 6.68. The van der Waals surface area contributed by atoms with E-state index in [0.29, 0.717) is 32.1 Å². The summed E-state index contributed by atoms with van der Waals surface area (Å²) < 4.78 is 23.9. The van der Waals surface area contributed by atoms with Gasteiger partial charge in [-0.25, -0.2) is 4.39 Å². The highest BCUT2D eigenvalue weighted by Gasteiger charge is 2.37. The van der Waals surface area contributed by atoms with Crippen molar-refractivity contribution in [3.8, 4) is 5.75 Å².